The van der Waals surface area contributed by atoms with Crippen LogP contribution in [0.5, 0.6) is 0 Å². The maximum Gasteiger partial charge on any atom is 0.137 e. The average molecular weight is 314 g/mol. The lowest BCUT2D eigenvalue weighted by molar-refractivity contribution is 0.579. The van der Waals surface area contributed by atoms with Gasteiger partial charge in [0.15, 0.2) is 0 Å². The summed E-state index contributed by atoms with van der Waals surface area (Å²) >= 11 is 4.93. The van der Waals surface area contributed by atoms with Gasteiger partial charge in [-0.2, -0.15) is 0 Å². The number of halogens is 2. The Morgan fingerprint density at radius 1 is 1.41 bits per heavy atom. The minimum absolute atomic E-state index is 0.222. The second-order valence-corrected chi connectivity index (χ2v) is 5.70. The summed E-state index contributed by atoms with van der Waals surface area (Å²) in [5.74, 6) is -0.222. The van der Waals surface area contributed by atoms with Gasteiger partial charge in [0.1, 0.15) is 5.82 Å². The summed E-state index contributed by atoms with van der Waals surface area (Å²) in [7, 11) is 0. The van der Waals surface area contributed by atoms with E-state index in [1.807, 2.05) is 12.1 Å². The van der Waals surface area contributed by atoms with Crippen molar-refractivity contribution in [3.63, 3.8) is 0 Å². The molecule has 0 amide bonds. The predicted molar refractivity (Wildman–Crippen MR) is 73.7 cm³/mol. The maximum absolute atomic E-state index is 13.1. The van der Waals surface area contributed by atoms with Crippen LogP contribution in [0.2, 0.25) is 0 Å². The summed E-state index contributed by atoms with van der Waals surface area (Å²) in [6, 6.07) is 9.57. The molecule has 17 heavy (non-hydrogen) atoms. The Hall–Kier alpha value is -0.710. The topological polar surface area (TPSA) is 12.0 Å². The van der Waals surface area contributed by atoms with Crippen LogP contribution in [0.15, 0.2) is 40.2 Å². The minimum atomic E-state index is -0.222. The highest BCUT2D eigenvalue weighted by atomic mass is 79.9. The second kappa shape index (κ2) is 5.76. The summed E-state index contributed by atoms with van der Waals surface area (Å²) in [5, 5.41) is 5.49. The van der Waals surface area contributed by atoms with Crippen molar-refractivity contribution in [1.29, 1.82) is 0 Å². The van der Waals surface area contributed by atoms with Crippen LogP contribution in [0.3, 0.4) is 0 Å². The van der Waals surface area contributed by atoms with Gasteiger partial charge in [0.05, 0.1) is 4.47 Å². The molecule has 1 N–H and O–H groups in total. The van der Waals surface area contributed by atoms with E-state index in [1.165, 1.54) is 10.9 Å². The lowest BCUT2D eigenvalue weighted by Gasteiger charge is -2.12. The van der Waals surface area contributed by atoms with E-state index in [9.17, 15) is 4.39 Å². The highest BCUT2D eigenvalue weighted by Crippen LogP contribution is 2.20. The lowest BCUT2D eigenvalue weighted by Crippen LogP contribution is -2.17. The number of thiophene rings is 1. The molecule has 1 nitrogen and oxygen atoms in total. The van der Waals surface area contributed by atoms with E-state index in [1.54, 1.807) is 17.4 Å². The van der Waals surface area contributed by atoms with Crippen LogP contribution in [0.4, 0.5) is 4.39 Å². The number of hydrogen-bond donors (Lipinski definition) is 1. The summed E-state index contributed by atoms with van der Waals surface area (Å²) in [6.07, 6.45) is 0. The van der Waals surface area contributed by atoms with Gasteiger partial charge >= 0.3 is 0 Å². The van der Waals surface area contributed by atoms with Gasteiger partial charge in [-0.3, -0.25) is 0 Å². The van der Waals surface area contributed by atoms with Crippen molar-refractivity contribution in [2.75, 3.05) is 0 Å². The number of hydrogen-bond acceptors (Lipinski definition) is 2. The van der Waals surface area contributed by atoms with Crippen LogP contribution in [0.25, 0.3) is 0 Å². The zero-order chi connectivity index (χ0) is 12.3. The first-order valence-corrected chi connectivity index (χ1v) is 7.05. The third kappa shape index (κ3) is 3.37. The number of nitrogens with one attached hydrogen (secondary N) is 1. The molecule has 0 radical (unpaired) electrons. The van der Waals surface area contributed by atoms with Crippen LogP contribution in [0.1, 0.15) is 23.4 Å². The van der Waals surface area contributed by atoms with Gasteiger partial charge in [-0.15, -0.1) is 11.3 Å². The highest BCUT2D eigenvalue weighted by Gasteiger charge is 2.06. The first-order valence-electron chi connectivity index (χ1n) is 5.37. The second-order valence-electron chi connectivity index (χ2n) is 3.87. The van der Waals surface area contributed by atoms with Crippen molar-refractivity contribution in [3.05, 3.63) is 56.4 Å². The molecule has 4 heteroatoms. The molecule has 0 bridgehead atoms. The average Bonchev–Trinajstić information content (AvgIpc) is 2.84. The molecule has 0 saturated carbocycles. The zero-order valence-electron chi connectivity index (χ0n) is 9.41. The normalized spacial score (nSPS) is 12.6. The van der Waals surface area contributed by atoms with E-state index in [2.05, 4.69) is 39.6 Å². The van der Waals surface area contributed by atoms with Crippen molar-refractivity contribution in [1.82, 2.24) is 5.32 Å². The molecule has 0 fully saturated rings. The molecular formula is C13H13BrFNS. The lowest BCUT2D eigenvalue weighted by atomic mass is 10.2. The molecule has 1 aromatic carbocycles. The van der Waals surface area contributed by atoms with Crippen LogP contribution >= 0.6 is 27.3 Å². The molecule has 2 aromatic rings. The van der Waals surface area contributed by atoms with Crippen LogP contribution in [-0.2, 0) is 6.54 Å². The predicted octanol–water partition coefficient (Wildman–Crippen LogP) is 4.50. The summed E-state index contributed by atoms with van der Waals surface area (Å²) in [5.41, 5.74) is 1.07. The van der Waals surface area contributed by atoms with E-state index in [-0.39, 0.29) is 5.82 Å². The van der Waals surface area contributed by atoms with Crippen LogP contribution in [0, 0.1) is 5.82 Å². The van der Waals surface area contributed by atoms with Gasteiger partial charge in [0.2, 0.25) is 0 Å². The van der Waals surface area contributed by atoms with Crippen molar-refractivity contribution in [3.8, 4) is 0 Å². The smallest absolute Gasteiger partial charge is 0.137 e. The molecule has 1 atom stereocenters. The molecule has 0 aliphatic heterocycles. The van der Waals surface area contributed by atoms with Gasteiger partial charge in [-0.25, -0.2) is 4.39 Å². The Morgan fingerprint density at radius 2 is 2.24 bits per heavy atom. The van der Waals surface area contributed by atoms with Gasteiger partial charge in [0.25, 0.3) is 0 Å². The van der Waals surface area contributed by atoms with E-state index >= 15 is 0 Å². The number of rotatable bonds is 4. The Labute approximate surface area is 113 Å². The Bertz CT molecular complexity index is 484. The fraction of sp³-hybridized carbons (Fsp3) is 0.231. The molecule has 90 valence electrons. The van der Waals surface area contributed by atoms with Crippen molar-refractivity contribution < 1.29 is 4.39 Å². The van der Waals surface area contributed by atoms with E-state index < -0.39 is 0 Å². The molecule has 0 aliphatic rings. The molecule has 0 spiro atoms. The maximum atomic E-state index is 13.1. The summed E-state index contributed by atoms with van der Waals surface area (Å²) < 4.78 is 13.6. The highest BCUT2D eigenvalue weighted by molar-refractivity contribution is 9.10. The van der Waals surface area contributed by atoms with Gasteiger partial charge in [-0.1, -0.05) is 12.1 Å². The fourth-order valence-corrected chi connectivity index (χ4v) is 2.74. The molecule has 2 rings (SSSR count). The van der Waals surface area contributed by atoms with Crippen LogP contribution < -0.4 is 5.32 Å². The molecule has 1 unspecified atom stereocenters. The molecule has 1 heterocycles. The van der Waals surface area contributed by atoms with Crippen molar-refractivity contribution in [2.24, 2.45) is 0 Å². The van der Waals surface area contributed by atoms with E-state index in [0.717, 1.165) is 12.1 Å². The zero-order valence-corrected chi connectivity index (χ0v) is 11.8. The molecule has 0 aliphatic carbocycles. The Morgan fingerprint density at radius 3 is 2.88 bits per heavy atom. The van der Waals surface area contributed by atoms with Crippen LogP contribution in [-0.4, -0.2) is 0 Å². The molecular weight excluding hydrogens is 301 g/mol. The summed E-state index contributed by atoms with van der Waals surface area (Å²) in [6.45, 7) is 2.86. The molecule has 0 saturated heterocycles. The third-order valence-electron chi connectivity index (χ3n) is 2.57. The van der Waals surface area contributed by atoms with Crippen molar-refractivity contribution in [2.45, 2.75) is 19.5 Å². The number of benzene rings is 1. The standard InChI is InChI=1S/C13H13BrFNS/c1-9(13-3-2-6-17-13)16-8-10-4-5-12(15)11(14)7-10/h2-7,9,16H,8H2,1H3. The first-order chi connectivity index (χ1) is 8.16. The van der Waals surface area contributed by atoms with Crippen molar-refractivity contribution >= 4 is 27.3 Å². The summed E-state index contributed by atoms with van der Waals surface area (Å²) in [4.78, 5) is 1.31. The molecule has 1 aromatic heterocycles. The Kier molecular flexibility index (Phi) is 4.31. The van der Waals surface area contributed by atoms with Gasteiger partial charge in [-0.05, 0) is 52.0 Å². The SMILES string of the molecule is CC(NCc1ccc(F)c(Br)c1)c1cccs1. The van der Waals surface area contributed by atoms with E-state index in [0.29, 0.717) is 10.5 Å². The quantitative estimate of drug-likeness (QED) is 0.876. The Balaban J connectivity index is 1.96. The first kappa shape index (κ1) is 12.7. The minimum Gasteiger partial charge on any atom is -0.305 e. The fourth-order valence-electron chi connectivity index (χ4n) is 1.56. The third-order valence-corrected chi connectivity index (χ3v) is 4.23. The van der Waals surface area contributed by atoms with Gasteiger partial charge < -0.3 is 5.32 Å². The van der Waals surface area contributed by atoms with E-state index in [4.69, 9.17) is 0 Å². The van der Waals surface area contributed by atoms with Gasteiger partial charge in [0, 0.05) is 17.5 Å². The monoisotopic (exact) mass is 313 g/mol. The largest absolute Gasteiger partial charge is 0.305 e.